The second-order valence-electron chi connectivity index (χ2n) is 5.44. The fourth-order valence-corrected chi connectivity index (χ4v) is 2.74. The normalized spacial score (nSPS) is 10.3. The van der Waals surface area contributed by atoms with E-state index >= 15 is 0 Å². The maximum absolute atomic E-state index is 13.8. The molecule has 0 aliphatic rings. The van der Waals surface area contributed by atoms with Crippen molar-refractivity contribution in [1.29, 1.82) is 5.26 Å². The third kappa shape index (κ3) is 4.27. The summed E-state index contributed by atoms with van der Waals surface area (Å²) in [4.78, 5) is 11.6. The molecule has 0 radical (unpaired) electrons. The number of rotatable bonds is 4. The lowest BCUT2D eigenvalue weighted by molar-refractivity contribution is 0.0952. The summed E-state index contributed by atoms with van der Waals surface area (Å²) in [5.41, 5.74) is 1.86. The average molecular weight is 386 g/mol. The molecule has 1 aromatic heterocycles. The SMILES string of the molecule is CCOC(=O)Oc1cc(-c2cc(F)cc(Cl)c2)c(-c2cccc(C#N)c2)o1. The molecule has 3 aromatic rings. The van der Waals surface area contributed by atoms with Crippen LogP contribution in [0.4, 0.5) is 9.18 Å². The third-order valence-corrected chi connectivity index (χ3v) is 3.80. The molecule has 0 atom stereocenters. The van der Waals surface area contributed by atoms with Gasteiger partial charge in [0, 0.05) is 22.2 Å². The number of furan rings is 1. The molecule has 5 nitrogen and oxygen atoms in total. The molecule has 1 heterocycles. The van der Waals surface area contributed by atoms with E-state index in [0.717, 1.165) is 0 Å². The van der Waals surface area contributed by atoms with Crippen molar-refractivity contribution in [2.45, 2.75) is 6.92 Å². The molecule has 7 heteroatoms. The number of nitriles is 1. The monoisotopic (exact) mass is 385 g/mol. The molecule has 0 fully saturated rings. The Balaban J connectivity index is 2.13. The number of hydrogen-bond acceptors (Lipinski definition) is 5. The summed E-state index contributed by atoms with van der Waals surface area (Å²) < 4.78 is 29.2. The van der Waals surface area contributed by atoms with Gasteiger partial charge < -0.3 is 13.9 Å². The molecule has 0 unspecified atom stereocenters. The maximum Gasteiger partial charge on any atom is 0.516 e. The average Bonchev–Trinajstić information content (AvgIpc) is 3.05. The standard InChI is InChI=1S/C20H13ClFNO4/c1-2-25-20(24)27-18-10-17(14-7-15(21)9-16(22)8-14)19(26-18)13-5-3-4-12(6-13)11-23/h3-10H,2H2,1H3. The molecule has 3 rings (SSSR count). The molecule has 0 spiro atoms. The predicted molar refractivity (Wildman–Crippen MR) is 96.9 cm³/mol. The third-order valence-electron chi connectivity index (χ3n) is 3.58. The highest BCUT2D eigenvalue weighted by molar-refractivity contribution is 6.30. The molecule has 2 aromatic carbocycles. The number of benzene rings is 2. The summed E-state index contributed by atoms with van der Waals surface area (Å²) in [5.74, 6) is -0.349. The molecule has 0 bridgehead atoms. The van der Waals surface area contributed by atoms with E-state index in [9.17, 15) is 9.18 Å². The molecule has 0 N–H and O–H groups in total. The van der Waals surface area contributed by atoms with Crippen molar-refractivity contribution in [3.05, 3.63) is 64.9 Å². The van der Waals surface area contributed by atoms with E-state index in [0.29, 0.717) is 28.0 Å². The first-order chi connectivity index (χ1) is 13.0. The van der Waals surface area contributed by atoms with Crippen LogP contribution in [0.25, 0.3) is 22.5 Å². The van der Waals surface area contributed by atoms with Gasteiger partial charge in [0.15, 0.2) is 0 Å². The van der Waals surface area contributed by atoms with Crippen molar-refractivity contribution >= 4 is 17.8 Å². The zero-order valence-corrected chi connectivity index (χ0v) is 14.9. The summed E-state index contributed by atoms with van der Waals surface area (Å²) in [7, 11) is 0. The molecule has 0 amide bonds. The number of nitrogens with zero attached hydrogens (tertiary/aromatic N) is 1. The highest BCUT2D eigenvalue weighted by Gasteiger charge is 2.19. The molecule has 0 saturated carbocycles. The predicted octanol–water partition coefficient (Wildman–Crippen LogP) is 5.81. The summed E-state index contributed by atoms with van der Waals surface area (Å²) in [6, 6.07) is 14.2. The first kappa shape index (κ1) is 18.5. The van der Waals surface area contributed by atoms with Crippen molar-refractivity contribution < 1.29 is 23.1 Å². The fraction of sp³-hybridized carbons (Fsp3) is 0.100. The minimum atomic E-state index is -0.924. The van der Waals surface area contributed by atoms with Gasteiger partial charge in [-0.2, -0.15) is 5.26 Å². The summed E-state index contributed by atoms with van der Waals surface area (Å²) in [5, 5.41) is 9.32. The Morgan fingerprint density at radius 1 is 1.22 bits per heavy atom. The van der Waals surface area contributed by atoms with Crippen LogP contribution < -0.4 is 4.74 Å². The van der Waals surface area contributed by atoms with Gasteiger partial charge in [-0.15, -0.1) is 0 Å². The van der Waals surface area contributed by atoms with E-state index < -0.39 is 12.0 Å². The molecule has 0 saturated heterocycles. The molecule has 0 aliphatic carbocycles. The van der Waals surface area contributed by atoms with Crippen LogP contribution in [0, 0.1) is 17.1 Å². The van der Waals surface area contributed by atoms with Gasteiger partial charge >= 0.3 is 6.16 Å². The van der Waals surface area contributed by atoms with E-state index in [1.807, 2.05) is 6.07 Å². The summed E-state index contributed by atoms with van der Waals surface area (Å²) >= 11 is 5.96. The summed E-state index contributed by atoms with van der Waals surface area (Å²) in [6.07, 6.45) is -0.924. The van der Waals surface area contributed by atoms with E-state index in [2.05, 4.69) is 0 Å². The van der Waals surface area contributed by atoms with Gasteiger partial charge in [0.2, 0.25) is 0 Å². The zero-order valence-electron chi connectivity index (χ0n) is 14.2. The van der Waals surface area contributed by atoms with Crippen molar-refractivity contribution in [3.8, 4) is 34.5 Å². The van der Waals surface area contributed by atoms with Gasteiger partial charge in [0.1, 0.15) is 11.6 Å². The first-order valence-corrected chi connectivity index (χ1v) is 8.33. The second-order valence-corrected chi connectivity index (χ2v) is 5.88. The van der Waals surface area contributed by atoms with Gasteiger partial charge in [-0.3, -0.25) is 0 Å². The summed E-state index contributed by atoms with van der Waals surface area (Å²) in [6.45, 7) is 1.78. The Kier molecular flexibility index (Phi) is 5.43. The lowest BCUT2D eigenvalue weighted by Gasteiger charge is -2.04. The topological polar surface area (TPSA) is 72.5 Å². The van der Waals surface area contributed by atoms with Crippen molar-refractivity contribution in [2.75, 3.05) is 6.61 Å². The zero-order chi connectivity index (χ0) is 19.4. The Bertz CT molecular complexity index is 1020. The van der Waals surface area contributed by atoms with Crippen molar-refractivity contribution in [1.82, 2.24) is 0 Å². The van der Waals surface area contributed by atoms with Gasteiger partial charge in [0.05, 0.1) is 18.2 Å². The smallest absolute Gasteiger partial charge is 0.434 e. The second kappa shape index (κ2) is 7.94. The number of hydrogen-bond donors (Lipinski definition) is 0. The van der Waals surface area contributed by atoms with Crippen LogP contribution in [0.3, 0.4) is 0 Å². The number of ether oxygens (including phenoxy) is 2. The first-order valence-electron chi connectivity index (χ1n) is 7.95. The van der Waals surface area contributed by atoms with Crippen LogP contribution in [0.2, 0.25) is 5.02 Å². The number of carbonyl (C=O) groups excluding carboxylic acids is 1. The molecular formula is C20H13ClFNO4. The van der Waals surface area contributed by atoms with Gasteiger partial charge in [-0.25, -0.2) is 9.18 Å². The highest BCUT2D eigenvalue weighted by Crippen LogP contribution is 2.39. The Morgan fingerprint density at radius 2 is 2.04 bits per heavy atom. The maximum atomic E-state index is 13.8. The van der Waals surface area contributed by atoms with Crippen molar-refractivity contribution in [3.63, 3.8) is 0 Å². The largest absolute Gasteiger partial charge is 0.516 e. The van der Waals surface area contributed by atoms with Crippen LogP contribution in [-0.4, -0.2) is 12.8 Å². The minimum absolute atomic E-state index is 0.124. The molecule has 136 valence electrons. The van der Waals surface area contributed by atoms with Gasteiger partial charge in [0.25, 0.3) is 5.95 Å². The van der Waals surface area contributed by atoms with Crippen LogP contribution in [0.1, 0.15) is 12.5 Å². The quantitative estimate of drug-likeness (QED) is 0.529. The minimum Gasteiger partial charge on any atom is -0.434 e. The lowest BCUT2D eigenvalue weighted by Crippen LogP contribution is -2.09. The van der Waals surface area contributed by atoms with Crippen LogP contribution in [0.15, 0.2) is 52.9 Å². The van der Waals surface area contributed by atoms with E-state index in [1.54, 1.807) is 37.3 Å². The molecular weight excluding hydrogens is 373 g/mol. The number of carbonyl (C=O) groups is 1. The molecule has 27 heavy (non-hydrogen) atoms. The van der Waals surface area contributed by atoms with E-state index in [-0.39, 0.29) is 17.6 Å². The Labute approximate surface area is 159 Å². The van der Waals surface area contributed by atoms with E-state index in [4.69, 9.17) is 30.8 Å². The van der Waals surface area contributed by atoms with Crippen molar-refractivity contribution in [2.24, 2.45) is 0 Å². The van der Waals surface area contributed by atoms with Gasteiger partial charge in [-0.05, 0) is 42.8 Å². The Morgan fingerprint density at radius 3 is 2.74 bits per heavy atom. The van der Waals surface area contributed by atoms with Crippen LogP contribution in [-0.2, 0) is 4.74 Å². The van der Waals surface area contributed by atoms with E-state index in [1.165, 1.54) is 18.2 Å². The van der Waals surface area contributed by atoms with Gasteiger partial charge in [-0.1, -0.05) is 23.7 Å². The fourth-order valence-electron chi connectivity index (χ4n) is 2.52. The number of halogens is 2. The lowest BCUT2D eigenvalue weighted by atomic mass is 10.0. The van der Waals surface area contributed by atoms with Crippen LogP contribution in [0.5, 0.6) is 5.95 Å². The Hall–Kier alpha value is -3.30. The molecule has 0 aliphatic heterocycles. The highest BCUT2D eigenvalue weighted by atomic mass is 35.5. The van der Waals surface area contributed by atoms with Crippen LogP contribution >= 0.6 is 11.6 Å².